The predicted molar refractivity (Wildman–Crippen MR) is 133 cm³/mol. The first-order valence-electron chi connectivity index (χ1n) is 13.4. The van der Waals surface area contributed by atoms with E-state index >= 15 is 0 Å². The van der Waals surface area contributed by atoms with Crippen LogP contribution in [0, 0.1) is 51.8 Å². The Morgan fingerprint density at radius 1 is 1.11 bits per heavy atom. The molecule has 3 fully saturated rings. The molecule has 9 atom stereocenters. The van der Waals surface area contributed by atoms with Gasteiger partial charge in [0, 0.05) is 12.0 Å². The van der Waals surface area contributed by atoms with Crippen LogP contribution in [0.4, 0.5) is 0 Å². The van der Waals surface area contributed by atoms with E-state index in [1.54, 1.807) is 0 Å². The molecular formula is C30H40O5. The van der Waals surface area contributed by atoms with Crippen LogP contribution in [0.5, 0.6) is 0 Å². The van der Waals surface area contributed by atoms with Gasteiger partial charge in [-0.3, -0.25) is 9.59 Å². The molecule has 0 aromatic rings. The average Bonchev–Trinajstić information content (AvgIpc) is 2.96. The molecule has 0 saturated heterocycles. The summed E-state index contributed by atoms with van der Waals surface area (Å²) >= 11 is 0. The highest BCUT2D eigenvalue weighted by atomic mass is 16.4. The summed E-state index contributed by atoms with van der Waals surface area (Å²) in [5, 5.41) is 20.3. The summed E-state index contributed by atoms with van der Waals surface area (Å²) in [6.45, 7) is 12.6. The average molecular weight is 481 g/mol. The van der Waals surface area contributed by atoms with Crippen molar-refractivity contribution in [2.75, 3.05) is 0 Å². The van der Waals surface area contributed by atoms with Crippen LogP contribution >= 0.6 is 0 Å². The van der Waals surface area contributed by atoms with E-state index in [9.17, 15) is 24.6 Å². The SMILES string of the molecule is C=C(C(=O)O)[C@@H]1CC[C@@]2(C)C=C[C@@H]3[C@@](C)(C[C@@]3(C(=O)O)[C@@H]3CC[C@H](C)[C@@H]4CC(=O)C(C)=C4C3)[C@@H]2C1. The minimum Gasteiger partial charge on any atom is -0.481 e. The lowest BCUT2D eigenvalue weighted by Crippen LogP contribution is -2.67. The fourth-order valence-corrected chi connectivity index (χ4v) is 9.44. The normalized spacial score (nSPS) is 46.7. The summed E-state index contributed by atoms with van der Waals surface area (Å²) in [6.07, 6.45) is 10.8. The van der Waals surface area contributed by atoms with Gasteiger partial charge in [-0.25, -0.2) is 4.79 Å². The molecule has 0 bridgehead atoms. The standard InChI is InChI=1S/C30H40O5/c1-16-6-7-20(13-22-18(3)23(31)14-21(16)22)30(27(34)35)15-29(5)24(30)9-11-28(4)10-8-19(12-25(28)29)17(2)26(32)33/h9,11,16,19-21,24-25H,2,6-8,10,12-15H2,1,3-5H3,(H,32,33)(H,34,35)/t16-,19+,20+,21-,24+,25+,28-,29+,30+/m0/s1. The van der Waals surface area contributed by atoms with E-state index in [0.29, 0.717) is 24.3 Å². The highest BCUT2D eigenvalue weighted by molar-refractivity contribution is 5.98. The number of allylic oxidation sites excluding steroid dienone is 4. The van der Waals surface area contributed by atoms with Crippen LogP contribution in [0.3, 0.4) is 0 Å². The molecule has 3 saturated carbocycles. The molecule has 0 aliphatic heterocycles. The van der Waals surface area contributed by atoms with E-state index in [4.69, 9.17) is 0 Å². The summed E-state index contributed by atoms with van der Waals surface area (Å²) in [4.78, 5) is 37.3. The van der Waals surface area contributed by atoms with Gasteiger partial charge in [0.1, 0.15) is 0 Å². The molecule has 5 aliphatic carbocycles. The maximum absolute atomic E-state index is 13.1. The number of hydrogen-bond acceptors (Lipinski definition) is 3. The molecular weight excluding hydrogens is 440 g/mol. The van der Waals surface area contributed by atoms with Crippen molar-refractivity contribution < 1.29 is 24.6 Å². The van der Waals surface area contributed by atoms with Crippen molar-refractivity contribution in [1.82, 2.24) is 0 Å². The Balaban J connectivity index is 1.50. The van der Waals surface area contributed by atoms with Crippen molar-refractivity contribution in [2.45, 2.75) is 79.1 Å². The quantitative estimate of drug-likeness (QED) is 0.377. The molecule has 0 amide bonds. The topological polar surface area (TPSA) is 91.7 Å². The number of hydrogen-bond donors (Lipinski definition) is 2. The van der Waals surface area contributed by atoms with Crippen molar-refractivity contribution in [3.63, 3.8) is 0 Å². The zero-order valence-electron chi connectivity index (χ0n) is 21.6. The Morgan fingerprint density at radius 2 is 1.83 bits per heavy atom. The number of Topliss-reactive ketones (excluding diaryl/α,β-unsaturated/α-hetero) is 1. The van der Waals surface area contributed by atoms with Gasteiger partial charge < -0.3 is 10.2 Å². The zero-order chi connectivity index (χ0) is 25.5. The summed E-state index contributed by atoms with van der Waals surface area (Å²) in [5.74, 6) is -0.575. The molecule has 190 valence electrons. The van der Waals surface area contributed by atoms with E-state index in [2.05, 4.69) is 39.5 Å². The molecule has 0 aromatic heterocycles. The monoisotopic (exact) mass is 480 g/mol. The van der Waals surface area contributed by atoms with Gasteiger partial charge in [0.15, 0.2) is 5.78 Å². The molecule has 0 aromatic carbocycles. The summed E-state index contributed by atoms with van der Waals surface area (Å²) in [6, 6.07) is 0. The van der Waals surface area contributed by atoms with Crippen LogP contribution in [0.25, 0.3) is 0 Å². The van der Waals surface area contributed by atoms with Crippen LogP contribution < -0.4 is 0 Å². The van der Waals surface area contributed by atoms with Gasteiger partial charge in [0.2, 0.25) is 0 Å². The fourth-order valence-electron chi connectivity index (χ4n) is 9.44. The number of carboxylic acid groups (broad SMARTS) is 2. The van der Waals surface area contributed by atoms with E-state index < -0.39 is 17.4 Å². The zero-order valence-corrected chi connectivity index (χ0v) is 21.6. The van der Waals surface area contributed by atoms with E-state index in [1.165, 1.54) is 5.57 Å². The molecule has 5 rings (SSSR count). The van der Waals surface area contributed by atoms with Gasteiger partial charge in [-0.05, 0) is 104 Å². The molecule has 2 N–H and O–H groups in total. The second kappa shape index (κ2) is 7.91. The van der Waals surface area contributed by atoms with Crippen LogP contribution in [-0.4, -0.2) is 27.9 Å². The Kier molecular flexibility index (Phi) is 5.54. The Hall–Kier alpha value is -2.17. The molecule has 0 unspecified atom stereocenters. The van der Waals surface area contributed by atoms with Crippen LogP contribution in [0.2, 0.25) is 0 Å². The van der Waals surface area contributed by atoms with Crippen molar-refractivity contribution in [3.8, 4) is 0 Å². The number of ketones is 1. The number of carboxylic acids is 2. The molecule has 0 spiro atoms. The van der Waals surface area contributed by atoms with Gasteiger partial charge in [0.25, 0.3) is 0 Å². The van der Waals surface area contributed by atoms with Gasteiger partial charge in [-0.15, -0.1) is 0 Å². The number of rotatable bonds is 4. The minimum atomic E-state index is -0.919. The third-order valence-electron chi connectivity index (χ3n) is 11.5. The first kappa shape index (κ1) is 24.5. The first-order chi connectivity index (χ1) is 16.3. The minimum absolute atomic E-state index is 0.0174. The Labute approximate surface area is 208 Å². The van der Waals surface area contributed by atoms with Crippen molar-refractivity contribution in [2.24, 2.45) is 51.8 Å². The van der Waals surface area contributed by atoms with Crippen molar-refractivity contribution in [3.05, 3.63) is 35.5 Å². The third-order valence-corrected chi connectivity index (χ3v) is 11.5. The maximum Gasteiger partial charge on any atom is 0.331 e. The molecule has 0 heterocycles. The van der Waals surface area contributed by atoms with Crippen LogP contribution in [0.1, 0.15) is 79.1 Å². The van der Waals surface area contributed by atoms with Gasteiger partial charge >= 0.3 is 11.9 Å². The maximum atomic E-state index is 13.1. The largest absolute Gasteiger partial charge is 0.481 e. The fraction of sp³-hybridized carbons (Fsp3) is 0.700. The Morgan fingerprint density at radius 3 is 2.49 bits per heavy atom. The molecule has 35 heavy (non-hydrogen) atoms. The number of aliphatic carboxylic acids is 2. The second-order valence-corrected chi connectivity index (χ2v) is 13.1. The summed E-state index contributed by atoms with van der Waals surface area (Å²) < 4.78 is 0. The van der Waals surface area contributed by atoms with Gasteiger partial charge in [-0.1, -0.05) is 45.1 Å². The summed E-state index contributed by atoms with van der Waals surface area (Å²) in [7, 11) is 0. The van der Waals surface area contributed by atoms with Crippen LogP contribution in [0.15, 0.2) is 35.5 Å². The van der Waals surface area contributed by atoms with E-state index in [0.717, 1.165) is 44.1 Å². The lowest BCUT2D eigenvalue weighted by Gasteiger charge is -2.69. The smallest absolute Gasteiger partial charge is 0.331 e. The number of carbonyl (C=O) groups excluding carboxylic acids is 1. The first-order valence-corrected chi connectivity index (χ1v) is 13.4. The molecule has 5 heteroatoms. The van der Waals surface area contributed by atoms with Crippen LogP contribution in [-0.2, 0) is 14.4 Å². The van der Waals surface area contributed by atoms with E-state index in [1.807, 2.05) is 6.92 Å². The Bertz CT molecular complexity index is 1070. The lowest BCUT2D eigenvalue weighted by molar-refractivity contribution is -0.215. The second-order valence-electron chi connectivity index (χ2n) is 13.1. The highest BCUT2D eigenvalue weighted by Gasteiger charge is 2.72. The molecule has 5 nitrogen and oxygen atoms in total. The van der Waals surface area contributed by atoms with E-state index in [-0.39, 0.29) is 46.2 Å². The van der Waals surface area contributed by atoms with Crippen molar-refractivity contribution >= 4 is 17.7 Å². The highest BCUT2D eigenvalue weighted by Crippen LogP contribution is 2.74. The van der Waals surface area contributed by atoms with Crippen molar-refractivity contribution in [1.29, 1.82) is 0 Å². The van der Waals surface area contributed by atoms with Gasteiger partial charge in [0.05, 0.1) is 5.41 Å². The molecule has 5 aliphatic rings. The number of carbonyl (C=O) groups is 3. The summed E-state index contributed by atoms with van der Waals surface area (Å²) in [5.41, 5.74) is 1.36. The predicted octanol–water partition coefficient (Wildman–Crippen LogP) is 6.06. The third kappa shape index (κ3) is 3.29. The van der Waals surface area contributed by atoms with Gasteiger partial charge in [-0.2, -0.15) is 0 Å². The number of fused-ring (bicyclic) bond motifs is 4. The molecule has 0 radical (unpaired) electrons. The lowest BCUT2D eigenvalue weighted by atomic mass is 9.33.